The number of methoxy groups -OCH3 is 1. The molecule has 0 saturated heterocycles. The molecule has 0 bridgehead atoms. The predicted octanol–water partition coefficient (Wildman–Crippen LogP) is 0.529. The fourth-order valence-electron chi connectivity index (χ4n) is 0.743. The molecule has 104 valence electrons. The lowest BCUT2D eigenvalue weighted by atomic mass is 10.4. The molecule has 0 aromatic carbocycles. The topological polar surface area (TPSA) is 85.2 Å². The molecule has 6 nitrogen and oxygen atoms in total. The third-order valence-electron chi connectivity index (χ3n) is 1.50. The minimum absolute atomic E-state index is 0.0675. The summed E-state index contributed by atoms with van der Waals surface area (Å²) in [6.45, 7) is 4.59. The third kappa shape index (κ3) is 25.5. The van der Waals surface area contributed by atoms with Crippen molar-refractivity contribution < 1.29 is 29.2 Å². The van der Waals surface area contributed by atoms with Crippen LogP contribution in [0.2, 0.25) is 0 Å². The fraction of sp³-hybridized carbons (Fsp3) is 0.909. The average molecular weight is 252 g/mol. The smallest absolute Gasteiger partial charge is 0.303 e. The number of rotatable bonds is 10. The van der Waals surface area contributed by atoms with Crippen LogP contribution in [0.25, 0.3) is 0 Å². The molecule has 0 unspecified atom stereocenters. The summed E-state index contributed by atoms with van der Waals surface area (Å²) >= 11 is 0. The van der Waals surface area contributed by atoms with E-state index in [0.29, 0.717) is 39.5 Å². The summed E-state index contributed by atoms with van der Waals surface area (Å²) in [5.74, 6) is -0.711. The van der Waals surface area contributed by atoms with Crippen molar-refractivity contribution in [3.63, 3.8) is 0 Å². The molecule has 6 heteroatoms. The minimum atomic E-state index is -0.711. The number of carbonyl (C=O) groups is 1. The molecule has 0 atom stereocenters. The second-order valence-corrected chi connectivity index (χ2v) is 3.08. The molecule has 0 aliphatic heterocycles. The largest absolute Gasteiger partial charge is 0.481 e. The first-order chi connectivity index (χ1) is 8.18. The van der Waals surface area contributed by atoms with E-state index >= 15 is 0 Å². The van der Waals surface area contributed by atoms with Crippen molar-refractivity contribution in [3.05, 3.63) is 0 Å². The minimum Gasteiger partial charge on any atom is -0.481 e. The summed E-state index contributed by atoms with van der Waals surface area (Å²) in [4.78, 5) is 9.60. The Hall–Kier alpha value is -0.690. The number of ether oxygens (including phenoxy) is 3. The number of aliphatic hydroxyl groups is 1. The van der Waals surface area contributed by atoms with E-state index in [4.69, 9.17) is 24.4 Å². The van der Waals surface area contributed by atoms with Crippen LogP contribution >= 0.6 is 0 Å². The van der Waals surface area contributed by atoms with Gasteiger partial charge in [0.05, 0.1) is 39.6 Å². The highest BCUT2D eigenvalue weighted by atomic mass is 16.5. The number of aliphatic hydroxyl groups excluding tert-OH is 1. The zero-order chi connectivity index (χ0) is 13.4. The second kappa shape index (κ2) is 17.7. The van der Waals surface area contributed by atoms with Gasteiger partial charge in [-0.05, 0) is 6.42 Å². The first-order valence-corrected chi connectivity index (χ1v) is 5.66. The molecule has 0 aromatic heterocycles. The van der Waals surface area contributed by atoms with Gasteiger partial charge in [-0.15, -0.1) is 0 Å². The molecule has 0 rings (SSSR count). The van der Waals surface area contributed by atoms with Crippen molar-refractivity contribution in [1.82, 2.24) is 0 Å². The van der Waals surface area contributed by atoms with Gasteiger partial charge in [-0.25, -0.2) is 0 Å². The van der Waals surface area contributed by atoms with Crippen LogP contribution in [0.5, 0.6) is 0 Å². The average Bonchev–Trinajstić information content (AvgIpc) is 2.29. The lowest BCUT2D eigenvalue weighted by molar-refractivity contribution is -0.137. The van der Waals surface area contributed by atoms with Crippen LogP contribution in [0.4, 0.5) is 0 Å². The molecule has 0 amide bonds. The standard InChI is InChI=1S/C7H16O4.C4H8O2/c1-9-4-5-11-7-6-10-3-2-8;1-2-3-4(5)6/h8H,2-7H2,1H3;2-3H2,1H3,(H,5,6). The van der Waals surface area contributed by atoms with Crippen LogP contribution in [-0.2, 0) is 19.0 Å². The van der Waals surface area contributed by atoms with Crippen LogP contribution in [0.1, 0.15) is 19.8 Å². The molecular formula is C11H24O6. The monoisotopic (exact) mass is 252 g/mol. The SMILES string of the molecule is CCCC(=O)O.COCCOCCOCCO. The highest BCUT2D eigenvalue weighted by molar-refractivity contribution is 5.66. The summed E-state index contributed by atoms with van der Waals surface area (Å²) < 4.78 is 14.8. The van der Waals surface area contributed by atoms with Crippen molar-refractivity contribution in [2.45, 2.75) is 19.8 Å². The van der Waals surface area contributed by atoms with Crippen LogP contribution in [0.3, 0.4) is 0 Å². The molecule has 0 radical (unpaired) electrons. The molecule has 0 aromatic rings. The van der Waals surface area contributed by atoms with Crippen LogP contribution in [0.15, 0.2) is 0 Å². The highest BCUT2D eigenvalue weighted by Gasteiger charge is 1.88. The summed E-state index contributed by atoms with van der Waals surface area (Å²) in [5.41, 5.74) is 0. The Kier molecular flexibility index (Phi) is 19.4. The zero-order valence-corrected chi connectivity index (χ0v) is 10.7. The lowest BCUT2D eigenvalue weighted by Gasteiger charge is -2.03. The van der Waals surface area contributed by atoms with E-state index in [1.165, 1.54) is 0 Å². The highest BCUT2D eigenvalue weighted by Crippen LogP contribution is 1.82. The number of carboxylic acids is 1. The first-order valence-electron chi connectivity index (χ1n) is 5.66. The van der Waals surface area contributed by atoms with Crippen LogP contribution < -0.4 is 0 Å². The Labute approximate surface area is 102 Å². The zero-order valence-electron chi connectivity index (χ0n) is 10.7. The maximum absolute atomic E-state index is 9.60. The van der Waals surface area contributed by atoms with E-state index in [0.717, 1.165) is 6.42 Å². The van der Waals surface area contributed by atoms with Crippen molar-refractivity contribution in [2.24, 2.45) is 0 Å². The van der Waals surface area contributed by atoms with E-state index in [1.54, 1.807) is 7.11 Å². The van der Waals surface area contributed by atoms with Crippen LogP contribution in [0, 0.1) is 0 Å². The summed E-state index contributed by atoms with van der Waals surface area (Å²) in [6, 6.07) is 0. The maximum Gasteiger partial charge on any atom is 0.303 e. The molecular weight excluding hydrogens is 228 g/mol. The number of hydrogen-bond acceptors (Lipinski definition) is 5. The molecule has 0 saturated carbocycles. The van der Waals surface area contributed by atoms with E-state index in [2.05, 4.69) is 0 Å². The van der Waals surface area contributed by atoms with E-state index < -0.39 is 5.97 Å². The molecule has 0 spiro atoms. The van der Waals surface area contributed by atoms with Gasteiger partial charge in [0, 0.05) is 13.5 Å². The molecule has 0 aliphatic rings. The Morgan fingerprint density at radius 2 is 1.59 bits per heavy atom. The molecule has 17 heavy (non-hydrogen) atoms. The van der Waals surface area contributed by atoms with Crippen LogP contribution in [-0.4, -0.2) is 62.9 Å². The van der Waals surface area contributed by atoms with E-state index in [-0.39, 0.29) is 6.61 Å². The summed E-state index contributed by atoms with van der Waals surface area (Å²) in [5, 5.41) is 16.2. The molecule has 0 aliphatic carbocycles. The van der Waals surface area contributed by atoms with Gasteiger partial charge in [0.2, 0.25) is 0 Å². The van der Waals surface area contributed by atoms with Crippen molar-refractivity contribution in [3.8, 4) is 0 Å². The van der Waals surface area contributed by atoms with Crippen molar-refractivity contribution in [2.75, 3.05) is 46.8 Å². The molecule has 0 heterocycles. The number of aliphatic carboxylic acids is 1. The molecule has 2 N–H and O–H groups in total. The fourth-order valence-corrected chi connectivity index (χ4v) is 0.743. The van der Waals surface area contributed by atoms with Gasteiger partial charge in [0.25, 0.3) is 0 Å². The quantitative estimate of drug-likeness (QED) is 0.552. The number of hydrogen-bond donors (Lipinski definition) is 2. The van der Waals surface area contributed by atoms with Crippen molar-refractivity contribution in [1.29, 1.82) is 0 Å². The van der Waals surface area contributed by atoms with Gasteiger partial charge in [-0.2, -0.15) is 0 Å². The second-order valence-electron chi connectivity index (χ2n) is 3.08. The Morgan fingerprint density at radius 1 is 1.06 bits per heavy atom. The Morgan fingerprint density at radius 3 is 1.94 bits per heavy atom. The molecule has 0 fully saturated rings. The van der Waals surface area contributed by atoms with Gasteiger partial charge in [-0.3, -0.25) is 4.79 Å². The van der Waals surface area contributed by atoms with E-state index in [1.807, 2.05) is 6.92 Å². The van der Waals surface area contributed by atoms with Crippen molar-refractivity contribution >= 4 is 5.97 Å². The van der Waals surface area contributed by atoms with Gasteiger partial charge < -0.3 is 24.4 Å². The normalized spacial score (nSPS) is 9.59. The maximum atomic E-state index is 9.60. The van der Waals surface area contributed by atoms with E-state index in [9.17, 15) is 4.79 Å². The lowest BCUT2D eigenvalue weighted by Crippen LogP contribution is -2.09. The van der Waals surface area contributed by atoms with Gasteiger partial charge in [-0.1, -0.05) is 6.92 Å². The third-order valence-corrected chi connectivity index (χ3v) is 1.50. The summed E-state index contributed by atoms with van der Waals surface area (Å²) in [7, 11) is 1.63. The number of carboxylic acid groups (broad SMARTS) is 1. The van der Waals surface area contributed by atoms with Gasteiger partial charge >= 0.3 is 5.97 Å². The van der Waals surface area contributed by atoms with Gasteiger partial charge in [0.1, 0.15) is 0 Å². The first kappa shape index (κ1) is 18.7. The Bertz CT molecular complexity index is 143. The predicted molar refractivity (Wildman–Crippen MR) is 63.1 cm³/mol. The summed E-state index contributed by atoms with van der Waals surface area (Å²) in [6.07, 6.45) is 1.02. The van der Waals surface area contributed by atoms with Gasteiger partial charge in [0.15, 0.2) is 0 Å². The Balaban J connectivity index is 0.